The van der Waals surface area contributed by atoms with Gasteiger partial charge in [0.2, 0.25) is 0 Å². The molecular weight excluding hydrogens is 216 g/mol. The van der Waals surface area contributed by atoms with Crippen LogP contribution >= 0.6 is 11.3 Å². The Balaban J connectivity index is 2.44. The molecule has 0 amide bonds. The Morgan fingerprint density at radius 2 is 1.81 bits per heavy atom. The molecule has 1 aromatic heterocycles. The fraction of sp³-hybridized carbons (Fsp3) is 0.769. The van der Waals surface area contributed by atoms with Crippen molar-refractivity contribution < 1.29 is 0 Å². The summed E-state index contributed by atoms with van der Waals surface area (Å²) in [5, 5.41) is 4.84. The second-order valence-electron chi connectivity index (χ2n) is 4.40. The van der Waals surface area contributed by atoms with Gasteiger partial charge in [0.15, 0.2) is 0 Å². The van der Waals surface area contributed by atoms with Crippen molar-refractivity contribution in [2.24, 2.45) is 0 Å². The van der Waals surface area contributed by atoms with Crippen molar-refractivity contribution in [3.8, 4) is 0 Å². The van der Waals surface area contributed by atoms with E-state index in [9.17, 15) is 0 Å². The SMILES string of the molecule is CCCC(CCC)NCc1sc(C)nc1C. The molecule has 0 bridgehead atoms. The van der Waals surface area contributed by atoms with Gasteiger partial charge in [-0.15, -0.1) is 11.3 Å². The summed E-state index contributed by atoms with van der Waals surface area (Å²) in [6.45, 7) is 9.69. The molecule has 0 radical (unpaired) electrons. The average molecular weight is 240 g/mol. The largest absolute Gasteiger partial charge is 0.309 e. The third-order valence-corrected chi connectivity index (χ3v) is 3.90. The highest BCUT2D eigenvalue weighted by Gasteiger charge is 2.09. The average Bonchev–Trinajstić information content (AvgIpc) is 2.54. The molecule has 0 spiro atoms. The van der Waals surface area contributed by atoms with E-state index in [1.165, 1.54) is 41.3 Å². The van der Waals surface area contributed by atoms with Gasteiger partial charge in [0.25, 0.3) is 0 Å². The highest BCUT2D eigenvalue weighted by atomic mass is 32.1. The van der Waals surface area contributed by atoms with E-state index < -0.39 is 0 Å². The highest BCUT2D eigenvalue weighted by molar-refractivity contribution is 7.11. The van der Waals surface area contributed by atoms with Gasteiger partial charge in [-0.05, 0) is 26.7 Å². The highest BCUT2D eigenvalue weighted by Crippen LogP contribution is 2.17. The Kier molecular flexibility index (Phi) is 5.99. The lowest BCUT2D eigenvalue weighted by atomic mass is 10.1. The molecule has 1 N–H and O–H groups in total. The lowest BCUT2D eigenvalue weighted by Crippen LogP contribution is -2.28. The van der Waals surface area contributed by atoms with Crippen molar-refractivity contribution in [3.05, 3.63) is 15.6 Å². The van der Waals surface area contributed by atoms with Crippen LogP contribution in [0.15, 0.2) is 0 Å². The van der Waals surface area contributed by atoms with Crippen LogP contribution in [0.2, 0.25) is 0 Å². The molecule has 0 saturated carbocycles. The first-order valence-electron chi connectivity index (χ1n) is 6.33. The van der Waals surface area contributed by atoms with Gasteiger partial charge in [-0.2, -0.15) is 0 Å². The first-order valence-corrected chi connectivity index (χ1v) is 7.15. The number of nitrogens with zero attached hydrogens (tertiary/aromatic N) is 1. The number of thiazole rings is 1. The van der Waals surface area contributed by atoms with Crippen molar-refractivity contribution in [1.29, 1.82) is 0 Å². The zero-order valence-corrected chi connectivity index (χ0v) is 11.8. The number of nitrogens with one attached hydrogen (secondary N) is 1. The van der Waals surface area contributed by atoms with E-state index in [1.807, 2.05) is 11.3 Å². The standard InChI is InChI=1S/C13H24N2S/c1-5-7-12(8-6-2)14-9-13-10(3)15-11(4)16-13/h12,14H,5-9H2,1-4H3. The summed E-state index contributed by atoms with van der Waals surface area (Å²) in [5.74, 6) is 0. The smallest absolute Gasteiger partial charge is 0.0900 e. The molecule has 92 valence electrons. The van der Waals surface area contributed by atoms with E-state index in [0.29, 0.717) is 6.04 Å². The number of hydrogen-bond acceptors (Lipinski definition) is 3. The van der Waals surface area contributed by atoms with Gasteiger partial charge in [-0.3, -0.25) is 0 Å². The normalized spacial score (nSPS) is 11.3. The third-order valence-electron chi connectivity index (χ3n) is 2.83. The molecule has 1 rings (SSSR count). The van der Waals surface area contributed by atoms with E-state index in [0.717, 1.165) is 6.54 Å². The van der Waals surface area contributed by atoms with Crippen molar-refractivity contribution in [2.45, 2.75) is 66.0 Å². The molecule has 2 nitrogen and oxygen atoms in total. The van der Waals surface area contributed by atoms with Crippen LogP contribution in [-0.2, 0) is 6.54 Å². The van der Waals surface area contributed by atoms with E-state index >= 15 is 0 Å². The summed E-state index contributed by atoms with van der Waals surface area (Å²) in [7, 11) is 0. The number of rotatable bonds is 7. The van der Waals surface area contributed by atoms with Crippen LogP contribution in [-0.4, -0.2) is 11.0 Å². The van der Waals surface area contributed by atoms with Crippen LogP contribution in [0.1, 0.15) is 55.1 Å². The van der Waals surface area contributed by atoms with Crippen LogP contribution in [0.25, 0.3) is 0 Å². The maximum Gasteiger partial charge on any atom is 0.0900 e. The number of aromatic nitrogens is 1. The molecule has 16 heavy (non-hydrogen) atoms. The Morgan fingerprint density at radius 3 is 2.25 bits per heavy atom. The summed E-state index contributed by atoms with van der Waals surface area (Å²) < 4.78 is 0. The minimum atomic E-state index is 0.678. The molecule has 1 heterocycles. The van der Waals surface area contributed by atoms with Crippen LogP contribution in [0, 0.1) is 13.8 Å². The Morgan fingerprint density at radius 1 is 1.19 bits per heavy atom. The number of hydrogen-bond donors (Lipinski definition) is 1. The van der Waals surface area contributed by atoms with E-state index in [-0.39, 0.29) is 0 Å². The molecule has 0 aliphatic heterocycles. The van der Waals surface area contributed by atoms with Gasteiger partial charge < -0.3 is 5.32 Å². The molecule has 0 unspecified atom stereocenters. The molecule has 1 aromatic rings. The molecular formula is C13H24N2S. The molecule has 0 aliphatic carbocycles. The summed E-state index contributed by atoms with van der Waals surface area (Å²) >= 11 is 1.82. The molecule has 0 fully saturated rings. The van der Waals surface area contributed by atoms with Crippen molar-refractivity contribution in [3.63, 3.8) is 0 Å². The van der Waals surface area contributed by atoms with E-state index in [1.54, 1.807) is 0 Å². The maximum absolute atomic E-state index is 4.46. The Labute approximate surface area is 103 Å². The zero-order chi connectivity index (χ0) is 12.0. The van der Waals surface area contributed by atoms with Gasteiger partial charge in [0.1, 0.15) is 0 Å². The second-order valence-corrected chi connectivity index (χ2v) is 5.68. The van der Waals surface area contributed by atoms with Gasteiger partial charge >= 0.3 is 0 Å². The Bertz CT molecular complexity index is 301. The molecule has 0 atom stereocenters. The summed E-state index contributed by atoms with van der Waals surface area (Å²) in [6.07, 6.45) is 5.09. The van der Waals surface area contributed by atoms with Gasteiger partial charge in [-0.1, -0.05) is 26.7 Å². The van der Waals surface area contributed by atoms with Crippen LogP contribution in [0.5, 0.6) is 0 Å². The summed E-state index contributed by atoms with van der Waals surface area (Å²) in [5.41, 5.74) is 1.20. The fourth-order valence-corrected chi connectivity index (χ4v) is 2.91. The van der Waals surface area contributed by atoms with Crippen LogP contribution < -0.4 is 5.32 Å². The van der Waals surface area contributed by atoms with Crippen molar-refractivity contribution in [2.75, 3.05) is 0 Å². The second kappa shape index (κ2) is 7.02. The third kappa shape index (κ3) is 4.22. The monoisotopic (exact) mass is 240 g/mol. The van der Waals surface area contributed by atoms with E-state index in [4.69, 9.17) is 0 Å². The van der Waals surface area contributed by atoms with Crippen molar-refractivity contribution >= 4 is 11.3 Å². The van der Waals surface area contributed by atoms with Gasteiger partial charge in [0, 0.05) is 17.5 Å². The van der Waals surface area contributed by atoms with Gasteiger partial charge in [0.05, 0.1) is 10.7 Å². The summed E-state index contributed by atoms with van der Waals surface area (Å²) in [6, 6.07) is 0.678. The minimum Gasteiger partial charge on any atom is -0.309 e. The lowest BCUT2D eigenvalue weighted by molar-refractivity contribution is 0.444. The van der Waals surface area contributed by atoms with E-state index in [2.05, 4.69) is 38.0 Å². The maximum atomic E-state index is 4.46. The molecule has 3 heteroatoms. The molecule has 0 aliphatic rings. The predicted molar refractivity (Wildman–Crippen MR) is 72.0 cm³/mol. The van der Waals surface area contributed by atoms with Crippen LogP contribution in [0.3, 0.4) is 0 Å². The first kappa shape index (κ1) is 13.7. The fourth-order valence-electron chi connectivity index (χ4n) is 2.02. The number of aryl methyl sites for hydroxylation is 2. The summed E-state index contributed by atoms with van der Waals surface area (Å²) in [4.78, 5) is 5.86. The first-order chi connectivity index (χ1) is 7.67. The molecule has 0 aromatic carbocycles. The molecule has 0 saturated heterocycles. The topological polar surface area (TPSA) is 24.9 Å². The lowest BCUT2D eigenvalue weighted by Gasteiger charge is -2.16. The Hall–Kier alpha value is -0.410. The van der Waals surface area contributed by atoms with Crippen LogP contribution in [0.4, 0.5) is 0 Å². The zero-order valence-electron chi connectivity index (χ0n) is 11.0. The van der Waals surface area contributed by atoms with Crippen molar-refractivity contribution in [1.82, 2.24) is 10.3 Å². The quantitative estimate of drug-likeness (QED) is 0.783. The predicted octanol–water partition coefficient (Wildman–Crippen LogP) is 3.82. The minimum absolute atomic E-state index is 0.678. The van der Waals surface area contributed by atoms with Gasteiger partial charge in [-0.25, -0.2) is 4.98 Å².